The Kier molecular flexibility index (Phi) is 5.87. The average molecular weight is 362 g/mol. The van der Waals surface area contributed by atoms with Gasteiger partial charge < -0.3 is 9.52 Å². The first-order valence-electron chi connectivity index (χ1n) is 7.70. The Morgan fingerprint density at radius 3 is 2.27 bits per heavy atom. The number of halogens is 3. The minimum absolute atomic E-state index is 0.385. The van der Waals surface area contributed by atoms with E-state index >= 15 is 0 Å². The molecule has 0 saturated heterocycles. The van der Waals surface area contributed by atoms with Gasteiger partial charge in [-0.3, -0.25) is 0 Å². The zero-order chi connectivity index (χ0) is 19.3. The summed E-state index contributed by atoms with van der Waals surface area (Å²) < 4.78 is 42.2. The van der Waals surface area contributed by atoms with Gasteiger partial charge in [-0.15, -0.1) is 0 Å². The van der Waals surface area contributed by atoms with Crippen LogP contribution in [0.25, 0.3) is 11.3 Å². The van der Waals surface area contributed by atoms with Gasteiger partial charge in [0, 0.05) is 5.56 Å². The Hall–Kier alpha value is -3.02. The van der Waals surface area contributed by atoms with Gasteiger partial charge in [-0.25, -0.2) is 4.79 Å². The molecule has 0 fully saturated rings. The van der Waals surface area contributed by atoms with E-state index in [0.29, 0.717) is 16.9 Å². The van der Waals surface area contributed by atoms with Crippen molar-refractivity contribution in [2.45, 2.75) is 20.0 Å². The number of carboxylic acid groups (broad SMARTS) is 1. The van der Waals surface area contributed by atoms with Crippen molar-refractivity contribution in [3.05, 3.63) is 83.1 Å². The number of carboxylic acids is 1. The molecule has 0 bridgehead atoms. The first-order valence-corrected chi connectivity index (χ1v) is 7.70. The maximum atomic E-state index is 12.4. The fourth-order valence-corrected chi connectivity index (χ4v) is 2.35. The summed E-state index contributed by atoms with van der Waals surface area (Å²) in [5.41, 5.74) is 2.05. The minimum atomic E-state index is -4.32. The summed E-state index contributed by atoms with van der Waals surface area (Å²) >= 11 is 0. The number of furan rings is 1. The third kappa shape index (κ3) is 4.99. The van der Waals surface area contributed by atoms with Gasteiger partial charge in [-0.2, -0.15) is 13.2 Å². The SMILES string of the molecule is Cc1ccc(C(=O)O)c(C)c1.FC(F)(F)c1cccc(-c2ccco2)c1. The van der Waals surface area contributed by atoms with Gasteiger partial charge >= 0.3 is 12.1 Å². The molecule has 0 amide bonds. The Bertz CT molecular complexity index is 882. The second-order valence-electron chi connectivity index (χ2n) is 5.68. The fourth-order valence-electron chi connectivity index (χ4n) is 2.35. The lowest BCUT2D eigenvalue weighted by atomic mass is 10.1. The fraction of sp³-hybridized carbons (Fsp3) is 0.150. The average Bonchev–Trinajstić information content (AvgIpc) is 3.09. The van der Waals surface area contributed by atoms with Crippen molar-refractivity contribution in [2.24, 2.45) is 0 Å². The molecule has 0 aliphatic rings. The molecule has 0 aliphatic carbocycles. The van der Waals surface area contributed by atoms with Gasteiger partial charge in [0.05, 0.1) is 17.4 Å². The van der Waals surface area contributed by atoms with E-state index in [9.17, 15) is 18.0 Å². The lowest BCUT2D eigenvalue weighted by Gasteiger charge is -2.07. The first kappa shape index (κ1) is 19.3. The van der Waals surface area contributed by atoms with E-state index in [2.05, 4.69) is 0 Å². The molecule has 0 spiro atoms. The number of rotatable bonds is 2. The number of benzene rings is 2. The molecular weight excluding hydrogens is 345 g/mol. The van der Waals surface area contributed by atoms with Crippen molar-refractivity contribution in [3.63, 3.8) is 0 Å². The number of aryl methyl sites for hydroxylation is 2. The Morgan fingerprint density at radius 1 is 1.00 bits per heavy atom. The van der Waals surface area contributed by atoms with Crippen LogP contribution in [0.3, 0.4) is 0 Å². The lowest BCUT2D eigenvalue weighted by Crippen LogP contribution is -2.04. The van der Waals surface area contributed by atoms with E-state index in [1.54, 1.807) is 37.3 Å². The van der Waals surface area contributed by atoms with E-state index in [-0.39, 0.29) is 0 Å². The van der Waals surface area contributed by atoms with Crippen LogP contribution in [0.15, 0.2) is 65.3 Å². The quantitative estimate of drug-likeness (QED) is 0.611. The van der Waals surface area contributed by atoms with Crippen molar-refractivity contribution in [2.75, 3.05) is 0 Å². The summed E-state index contributed by atoms with van der Waals surface area (Å²) in [4.78, 5) is 10.5. The molecule has 1 N–H and O–H groups in total. The Morgan fingerprint density at radius 2 is 1.73 bits per heavy atom. The second kappa shape index (κ2) is 7.91. The molecule has 0 aliphatic heterocycles. The Labute approximate surface area is 148 Å². The van der Waals surface area contributed by atoms with E-state index in [4.69, 9.17) is 9.52 Å². The first-order chi connectivity index (χ1) is 12.2. The van der Waals surface area contributed by atoms with Crippen LogP contribution in [0.1, 0.15) is 27.0 Å². The topological polar surface area (TPSA) is 50.4 Å². The Balaban J connectivity index is 0.000000197. The summed E-state index contributed by atoms with van der Waals surface area (Å²) in [6.45, 7) is 3.75. The standard InChI is InChI=1S/C11H7F3O.C9H10O2/c12-11(13,14)9-4-1-3-8(7-9)10-5-2-6-15-10;1-6-3-4-8(9(10)11)7(2)5-6/h1-7H;3-5H,1-2H3,(H,10,11). The van der Waals surface area contributed by atoms with Crippen LogP contribution < -0.4 is 0 Å². The van der Waals surface area contributed by atoms with Gasteiger partial charge in [0.1, 0.15) is 5.76 Å². The van der Waals surface area contributed by atoms with Crippen LogP contribution in [0.2, 0.25) is 0 Å². The van der Waals surface area contributed by atoms with Crippen LogP contribution in [-0.2, 0) is 6.18 Å². The van der Waals surface area contributed by atoms with Gasteiger partial charge in [-0.05, 0) is 49.7 Å². The summed E-state index contributed by atoms with van der Waals surface area (Å²) in [6, 6.07) is 13.6. The number of alkyl halides is 3. The number of hydrogen-bond acceptors (Lipinski definition) is 2. The van der Waals surface area contributed by atoms with Crippen LogP contribution in [0.5, 0.6) is 0 Å². The highest BCUT2D eigenvalue weighted by Crippen LogP contribution is 2.32. The summed E-state index contributed by atoms with van der Waals surface area (Å²) in [6.07, 6.45) is -2.89. The molecule has 0 unspecified atom stereocenters. The van der Waals surface area contributed by atoms with Crippen LogP contribution >= 0.6 is 0 Å². The molecule has 136 valence electrons. The lowest BCUT2D eigenvalue weighted by molar-refractivity contribution is -0.137. The molecule has 0 atom stereocenters. The smallest absolute Gasteiger partial charge is 0.416 e. The molecule has 3 rings (SSSR count). The van der Waals surface area contributed by atoms with E-state index in [0.717, 1.165) is 23.3 Å². The number of aromatic carboxylic acids is 1. The monoisotopic (exact) mass is 362 g/mol. The predicted octanol–water partition coefficient (Wildman–Crippen LogP) is 5.97. The molecule has 3 nitrogen and oxygen atoms in total. The highest BCUT2D eigenvalue weighted by Gasteiger charge is 2.30. The van der Waals surface area contributed by atoms with Crippen molar-refractivity contribution >= 4 is 5.97 Å². The summed E-state index contributed by atoms with van der Waals surface area (Å²) in [5, 5.41) is 8.66. The van der Waals surface area contributed by atoms with E-state index in [1.807, 2.05) is 13.0 Å². The molecule has 6 heteroatoms. The predicted molar refractivity (Wildman–Crippen MR) is 92.0 cm³/mol. The van der Waals surface area contributed by atoms with E-state index in [1.165, 1.54) is 12.3 Å². The molecular formula is C20H17F3O3. The zero-order valence-corrected chi connectivity index (χ0v) is 14.2. The molecule has 26 heavy (non-hydrogen) atoms. The normalized spacial score (nSPS) is 10.8. The number of carbonyl (C=O) groups is 1. The van der Waals surface area contributed by atoms with Crippen LogP contribution in [0, 0.1) is 13.8 Å². The maximum absolute atomic E-state index is 12.4. The third-order valence-corrected chi connectivity index (χ3v) is 3.61. The molecule has 1 heterocycles. The third-order valence-electron chi connectivity index (χ3n) is 3.61. The van der Waals surface area contributed by atoms with Crippen molar-refractivity contribution in [3.8, 4) is 11.3 Å². The minimum Gasteiger partial charge on any atom is -0.478 e. The van der Waals surface area contributed by atoms with E-state index < -0.39 is 17.7 Å². The van der Waals surface area contributed by atoms with Crippen molar-refractivity contribution in [1.29, 1.82) is 0 Å². The van der Waals surface area contributed by atoms with Crippen molar-refractivity contribution < 1.29 is 27.5 Å². The molecule has 3 aromatic rings. The van der Waals surface area contributed by atoms with Gasteiger partial charge in [0.25, 0.3) is 0 Å². The maximum Gasteiger partial charge on any atom is 0.416 e. The molecule has 2 aromatic carbocycles. The van der Waals surface area contributed by atoms with Crippen molar-refractivity contribution in [1.82, 2.24) is 0 Å². The summed E-state index contributed by atoms with van der Waals surface area (Å²) in [5.74, 6) is -0.427. The number of hydrogen-bond donors (Lipinski definition) is 1. The van der Waals surface area contributed by atoms with Crippen LogP contribution in [0.4, 0.5) is 13.2 Å². The largest absolute Gasteiger partial charge is 0.478 e. The molecule has 0 radical (unpaired) electrons. The molecule has 0 saturated carbocycles. The second-order valence-corrected chi connectivity index (χ2v) is 5.68. The van der Waals surface area contributed by atoms with Gasteiger partial charge in [-0.1, -0.05) is 29.8 Å². The zero-order valence-electron chi connectivity index (χ0n) is 14.2. The van der Waals surface area contributed by atoms with Gasteiger partial charge in [0.2, 0.25) is 0 Å². The molecule has 1 aromatic heterocycles. The highest BCUT2D eigenvalue weighted by atomic mass is 19.4. The van der Waals surface area contributed by atoms with Gasteiger partial charge in [0.15, 0.2) is 0 Å². The van der Waals surface area contributed by atoms with Crippen LogP contribution in [-0.4, -0.2) is 11.1 Å². The highest BCUT2D eigenvalue weighted by molar-refractivity contribution is 5.89. The summed E-state index contributed by atoms with van der Waals surface area (Å²) in [7, 11) is 0.